The van der Waals surface area contributed by atoms with Crippen LogP contribution in [-0.4, -0.2) is 10.2 Å². The molecule has 15 heavy (non-hydrogen) atoms. The van der Waals surface area contributed by atoms with Crippen LogP contribution >= 0.6 is 0 Å². The molecule has 0 aliphatic rings. The lowest BCUT2D eigenvalue weighted by atomic mass is 9.90. The zero-order chi connectivity index (χ0) is 11.1. The maximum atomic E-state index is 5.60. The molecule has 2 aromatic rings. The second-order valence-corrected chi connectivity index (χ2v) is 4.90. The summed E-state index contributed by atoms with van der Waals surface area (Å²) >= 11 is 0. The Morgan fingerprint density at radius 2 is 2.07 bits per heavy atom. The lowest BCUT2D eigenvalue weighted by Gasteiger charge is -2.16. The van der Waals surface area contributed by atoms with Gasteiger partial charge in [0.25, 0.3) is 0 Å². The topological polar surface area (TPSA) is 54.7 Å². The normalized spacial score (nSPS) is 12.3. The fraction of sp³-hybridized carbons (Fsp3) is 0.417. The van der Waals surface area contributed by atoms with Crippen LogP contribution in [0.5, 0.6) is 0 Å². The molecule has 0 radical (unpaired) electrons. The van der Waals surface area contributed by atoms with E-state index in [1.54, 1.807) is 0 Å². The number of nitrogens with two attached hydrogens (primary N) is 1. The van der Waals surface area contributed by atoms with E-state index in [4.69, 9.17) is 5.73 Å². The molecular formula is C12H17N3. The summed E-state index contributed by atoms with van der Waals surface area (Å²) in [5, 5.41) is 8.62. The van der Waals surface area contributed by atoms with Gasteiger partial charge in [-0.3, -0.25) is 5.10 Å². The number of hydrogen-bond acceptors (Lipinski definition) is 2. The number of aromatic amines is 1. The van der Waals surface area contributed by atoms with Crippen molar-refractivity contribution in [3.05, 3.63) is 29.5 Å². The van der Waals surface area contributed by atoms with Gasteiger partial charge in [0.1, 0.15) is 0 Å². The van der Waals surface area contributed by atoms with Gasteiger partial charge in [0.2, 0.25) is 0 Å². The van der Waals surface area contributed by atoms with Gasteiger partial charge in [-0.1, -0.05) is 32.9 Å². The number of aromatic nitrogens is 2. The lowest BCUT2D eigenvalue weighted by Crippen LogP contribution is -2.11. The third kappa shape index (κ3) is 1.75. The summed E-state index contributed by atoms with van der Waals surface area (Å²) in [5.41, 5.74) is 9.00. The third-order valence-corrected chi connectivity index (χ3v) is 2.61. The molecule has 1 heterocycles. The fourth-order valence-corrected chi connectivity index (χ4v) is 1.76. The summed E-state index contributed by atoms with van der Waals surface area (Å²) in [6.45, 7) is 7.10. The van der Waals surface area contributed by atoms with Crippen LogP contribution in [0.2, 0.25) is 0 Å². The van der Waals surface area contributed by atoms with Crippen molar-refractivity contribution >= 4 is 10.9 Å². The molecule has 2 rings (SSSR count). The van der Waals surface area contributed by atoms with Gasteiger partial charge < -0.3 is 5.73 Å². The summed E-state index contributed by atoms with van der Waals surface area (Å²) in [6.07, 6.45) is 0. The quantitative estimate of drug-likeness (QED) is 0.747. The Morgan fingerprint density at radius 1 is 1.33 bits per heavy atom. The monoisotopic (exact) mass is 203 g/mol. The van der Waals surface area contributed by atoms with Crippen molar-refractivity contribution in [3.8, 4) is 0 Å². The van der Waals surface area contributed by atoms with Gasteiger partial charge in [-0.15, -0.1) is 0 Å². The number of hydrogen-bond donors (Lipinski definition) is 2. The van der Waals surface area contributed by atoms with Crippen LogP contribution in [0, 0.1) is 0 Å². The molecule has 1 aromatic carbocycles. The molecule has 3 N–H and O–H groups in total. The average molecular weight is 203 g/mol. The van der Waals surface area contributed by atoms with Crippen LogP contribution in [0.4, 0.5) is 0 Å². The van der Waals surface area contributed by atoms with E-state index in [2.05, 4.69) is 43.1 Å². The van der Waals surface area contributed by atoms with E-state index in [0.717, 1.165) is 11.1 Å². The van der Waals surface area contributed by atoms with Crippen LogP contribution in [0.15, 0.2) is 18.2 Å². The number of nitrogens with zero attached hydrogens (tertiary/aromatic N) is 1. The molecule has 0 bridgehead atoms. The molecule has 3 nitrogen and oxygen atoms in total. The van der Waals surface area contributed by atoms with Crippen LogP contribution in [0.25, 0.3) is 10.9 Å². The van der Waals surface area contributed by atoms with E-state index in [1.165, 1.54) is 11.1 Å². The minimum atomic E-state index is 0.0962. The zero-order valence-corrected chi connectivity index (χ0v) is 9.46. The molecule has 3 heteroatoms. The van der Waals surface area contributed by atoms with Crippen molar-refractivity contribution in [2.24, 2.45) is 5.73 Å². The molecule has 0 fully saturated rings. The van der Waals surface area contributed by atoms with Gasteiger partial charge in [0, 0.05) is 23.0 Å². The molecule has 0 aliphatic carbocycles. The number of rotatable bonds is 1. The van der Waals surface area contributed by atoms with Crippen molar-refractivity contribution in [1.29, 1.82) is 0 Å². The summed E-state index contributed by atoms with van der Waals surface area (Å²) in [7, 11) is 0. The molecule has 0 aliphatic heterocycles. The molecule has 0 atom stereocenters. The zero-order valence-electron chi connectivity index (χ0n) is 9.46. The molecule has 80 valence electrons. The van der Waals surface area contributed by atoms with Gasteiger partial charge in [-0.05, 0) is 11.6 Å². The number of benzene rings is 1. The first kappa shape index (κ1) is 10.2. The highest BCUT2D eigenvalue weighted by Gasteiger charge is 2.19. The summed E-state index contributed by atoms with van der Waals surface area (Å²) in [5.74, 6) is 0. The largest absolute Gasteiger partial charge is 0.326 e. The van der Waals surface area contributed by atoms with Crippen molar-refractivity contribution in [2.75, 3.05) is 0 Å². The summed E-state index contributed by atoms with van der Waals surface area (Å²) < 4.78 is 0. The van der Waals surface area contributed by atoms with Gasteiger partial charge >= 0.3 is 0 Å². The van der Waals surface area contributed by atoms with Crippen molar-refractivity contribution < 1.29 is 0 Å². The number of fused-ring (bicyclic) bond motifs is 1. The Bertz CT molecular complexity index is 477. The van der Waals surface area contributed by atoms with Gasteiger partial charge in [-0.2, -0.15) is 5.10 Å². The minimum Gasteiger partial charge on any atom is -0.326 e. The Morgan fingerprint density at radius 3 is 2.67 bits per heavy atom. The third-order valence-electron chi connectivity index (χ3n) is 2.61. The standard InChI is InChI=1S/C12H17N3/c1-12(2,3)11-9-5-4-8(7-13)6-10(9)14-15-11/h4-6H,7,13H2,1-3H3,(H,14,15). The van der Waals surface area contributed by atoms with Gasteiger partial charge in [0.05, 0.1) is 5.52 Å². The van der Waals surface area contributed by atoms with Gasteiger partial charge in [-0.25, -0.2) is 0 Å². The Hall–Kier alpha value is -1.35. The molecule has 0 unspecified atom stereocenters. The second kappa shape index (κ2) is 3.35. The number of H-pyrrole nitrogens is 1. The minimum absolute atomic E-state index is 0.0962. The lowest BCUT2D eigenvalue weighted by molar-refractivity contribution is 0.571. The number of nitrogens with one attached hydrogen (secondary N) is 1. The van der Waals surface area contributed by atoms with Crippen LogP contribution in [0.3, 0.4) is 0 Å². The predicted molar refractivity (Wildman–Crippen MR) is 62.7 cm³/mol. The maximum Gasteiger partial charge on any atom is 0.0927 e. The van der Waals surface area contributed by atoms with E-state index in [-0.39, 0.29) is 5.41 Å². The smallest absolute Gasteiger partial charge is 0.0927 e. The first-order valence-electron chi connectivity index (χ1n) is 5.20. The first-order valence-corrected chi connectivity index (χ1v) is 5.20. The molecule has 1 aromatic heterocycles. The summed E-state index contributed by atoms with van der Waals surface area (Å²) in [6, 6.07) is 6.20. The Labute approximate surface area is 89.7 Å². The van der Waals surface area contributed by atoms with E-state index >= 15 is 0 Å². The SMILES string of the molecule is CC(C)(C)c1[nH]nc2cc(CN)ccc12. The molecule has 0 amide bonds. The Kier molecular flexibility index (Phi) is 2.27. The molecule has 0 saturated carbocycles. The highest BCUT2D eigenvalue weighted by atomic mass is 15.1. The maximum absolute atomic E-state index is 5.60. The van der Waals surface area contributed by atoms with Gasteiger partial charge in [0.15, 0.2) is 0 Å². The van der Waals surface area contributed by atoms with Crippen LogP contribution < -0.4 is 5.73 Å². The first-order chi connectivity index (χ1) is 7.02. The Balaban J connectivity index is 2.62. The van der Waals surface area contributed by atoms with Crippen molar-refractivity contribution in [3.63, 3.8) is 0 Å². The van der Waals surface area contributed by atoms with E-state index in [9.17, 15) is 0 Å². The van der Waals surface area contributed by atoms with Crippen LogP contribution in [-0.2, 0) is 12.0 Å². The second-order valence-electron chi connectivity index (χ2n) is 4.90. The molecule has 0 saturated heterocycles. The highest BCUT2D eigenvalue weighted by Crippen LogP contribution is 2.27. The predicted octanol–water partition coefficient (Wildman–Crippen LogP) is 2.32. The fourth-order valence-electron chi connectivity index (χ4n) is 1.76. The molecule has 0 spiro atoms. The molecular weight excluding hydrogens is 186 g/mol. The van der Waals surface area contributed by atoms with E-state index < -0.39 is 0 Å². The van der Waals surface area contributed by atoms with E-state index in [1.807, 2.05) is 6.07 Å². The van der Waals surface area contributed by atoms with Crippen LogP contribution in [0.1, 0.15) is 32.0 Å². The summed E-state index contributed by atoms with van der Waals surface area (Å²) in [4.78, 5) is 0. The van der Waals surface area contributed by atoms with E-state index in [0.29, 0.717) is 6.54 Å². The van der Waals surface area contributed by atoms with Crippen molar-refractivity contribution in [1.82, 2.24) is 10.2 Å². The average Bonchev–Trinajstić information content (AvgIpc) is 2.59. The van der Waals surface area contributed by atoms with Crippen molar-refractivity contribution in [2.45, 2.75) is 32.7 Å². The highest BCUT2D eigenvalue weighted by molar-refractivity contribution is 5.82.